The van der Waals surface area contributed by atoms with Crippen molar-refractivity contribution in [3.63, 3.8) is 0 Å². The molecule has 1 N–H and O–H groups in total. The molecule has 0 spiro atoms. The topological polar surface area (TPSA) is 37.8 Å². The Bertz CT molecular complexity index is 528. The molecule has 2 rings (SSSR count). The van der Waals surface area contributed by atoms with Crippen molar-refractivity contribution in [1.82, 2.24) is 9.97 Å². The number of aromatic nitrogens is 2. The molecule has 0 unspecified atom stereocenters. The van der Waals surface area contributed by atoms with Gasteiger partial charge in [-0.25, -0.2) is 9.97 Å². The summed E-state index contributed by atoms with van der Waals surface area (Å²) in [7, 11) is 0. The number of nitrogens with zero attached hydrogens (tertiary/aromatic N) is 2. The SMILES string of the molecule is CCc1c(Cl)ncnc1NCc1ccc(Br)cc1. The van der Waals surface area contributed by atoms with Crippen LogP contribution in [0.2, 0.25) is 5.15 Å². The van der Waals surface area contributed by atoms with Gasteiger partial charge >= 0.3 is 0 Å². The van der Waals surface area contributed by atoms with E-state index in [-0.39, 0.29) is 0 Å². The first-order valence-corrected chi connectivity index (χ1v) is 6.85. The van der Waals surface area contributed by atoms with Crippen LogP contribution in [0.25, 0.3) is 0 Å². The van der Waals surface area contributed by atoms with Crippen molar-refractivity contribution in [2.75, 3.05) is 5.32 Å². The number of nitrogens with one attached hydrogen (secondary N) is 1. The second-order valence-corrected chi connectivity index (χ2v) is 5.10. The average Bonchev–Trinajstić information content (AvgIpc) is 2.38. The van der Waals surface area contributed by atoms with Gasteiger partial charge in [0, 0.05) is 16.6 Å². The second kappa shape index (κ2) is 6.16. The van der Waals surface area contributed by atoms with E-state index in [0.29, 0.717) is 11.7 Å². The molecule has 1 heterocycles. The van der Waals surface area contributed by atoms with Crippen LogP contribution in [-0.4, -0.2) is 9.97 Å². The Kier molecular flexibility index (Phi) is 4.55. The summed E-state index contributed by atoms with van der Waals surface area (Å²) in [6, 6.07) is 8.16. The maximum Gasteiger partial charge on any atom is 0.137 e. The quantitative estimate of drug-likeness (QED) is 0.861. The molecule has 0 aliphatic rings. The van der Waals surface area contributed by atoms with E-state index in [9.17, 15) is 0 Å². The summed E-state index contributed by atoms with van der Waals surface area (Å²) in [5.41, 5.74) is 2.14. The molecule has 0 saturated carbocycles. The smallest absolute Gasteiger partial charge is 0.137 e. The molecule has 0 saturated heterocycles. The first-order chi connectivity index (χ1) is 8.70. The molecule has 0 bridgehead atoms. The highest BCUT2D eigenvalue weighted by atomic mass is 79.9. The molecule has 0 aliphatic carbocycles. The van der Waals surface area contributed by atoms with Crippen molar-refractivity contribution in [2.45, 2.75) is 19.9 Å². The fraction of sp³-hybridized carbons (Fsp3) is 0.231. The standard InChI is InChI=1S/C13H13BrClN3/c1-2-11-12(15)17-8-18-13(11)16-7-9-3-5-10(14)6-4-9/h3-6,8H,2,7H2,1H3,(H,16,17,18). The molecule has 94 valence electrons. The van der Waals surface area contributed by atoms with Crippen molar-refractivity contribution in [3.05, 3.63) is 51.3 Å². The van der Waals surface area contributed by atoms with Crippen molar-refractivity contribution >= 4 is 33.3 Å². The van der Waals surface area contributed by atoms with Gasteiger partial charge in [0.25, 0.3) is 0 Å². The molecule has 2 aromatic rings. The van der Waals surface area contributed by atoms with Crippen molar-refractivity contribution in [3.8, 4) is 0 Å². The molecule has 0 atom stereocenters. The lowest BCUT2D eigenvalue weighted by atomic mass is 10.2. The minimum Gasteiger partial charge on any atom is -0.366 e. The molecule has 1 aromatic heterocycles. The van der Waals surface area contributed by atoms with E-state index >= 15 is 0 Å². The molecule has 0 radical (unpaired) electrons. The lowest BCUT2D eigenvalue weighted by Gasteiger charge is -2.10. The van der Waals surface area contributed by atoms with Gasteiger partial charge in [0.2, 0.25) is 0 Å². The van der Waals surface area contributed by atoms with Gasteiger partial charge in [0.05, 0.1) is 0 Å². The van der Waals surface area contributed by atoms with Gasteiger partial charge in [-0.15, -0.1) is 0 Å². The summed E-state index contributed by atoms with van der Waals surface area (Å²) in [6.45, 7) is 2.75. The van der Waals surface area contributed by atoms with Crippen molar-refractivity contribution in [1.29, 1.82) is 0 Å². The second-order valence-electron chi connectivity index (χ2n) is 3.83. The third kappa shape index (κ3) is 3.21. The zero-order valence-electron chi connectivity index (χ0n) is 9.95. The largest absolute Gasteiger partial charge is 0.366 e. The monoisotopic (exact) mass is 325 g/mol. The predicted octanol–water partition coefficient (Wildman–Crippen LogP) is 4.07. The first-order valence-electron chi connectivity index (χ1n) is 5.68. The summed E-state index contributed by atoms with van der Waals surface area (Å²) in [5.74, 6) is 0.806. The summed E-state index contributed by atoms with van der Waals surface area (Å²) in [5, 5.41) is 3.81. The Hall–Kier alpha value is -1.13. The van der Waals surface area contributed by atoms with Crippen LogP contribution >= 0.6 is 27.5 Å². The maximum absolute atomic E-state index is 6.03. The van der Waals surface area contributed by atoms with Crippen LogP contribution < -0.4 is 5.32 Å². The lowest BCUT2D eigenvalue weighted by Crippen LogP contribution is -2.05. The molecule has 1 aromatic carbocycles. The van der Waals surface area contributed by atoms with E-state index in [2.05, 4.69) is 43.3 Å². The highest BCUT2D eigenvalue weighted by Crippen LogP contribution is 2.21. The van der Waals surface area contributed by atoms with E-state index in [1.807, 2.05) is 19.1 Å². The Morgan fingerprint density at radius 3 is 2.61 bits per heavy atom. The molecule has 0 fully saturated rings. The number of anilines is 1. The van der Waals surface area contributed by atoms with Gasteiger partial charge < -0.3 is 5.32 Å². The van der Waals surface area contributed by atoms with Crippen LogP contribution in [0, 0.1) is 0 Å². The Labute approximate surface area is 120 Å². The van der Waals surface area contributed by atoms with Gasteiger partial charge in [0.1, 0.15) is 17.3 Å². The summed E-state index contributed by atoms with van der Waals surface area (Å²) < 4.78 is 1.07. The first kappa shape index (κ1) is 13.3. The fourth-order valence-corrected chi connectivity index (χ4v) is 2.18. The Morgan fingerprint density at radius 2 is 1.94 bits per heavy atom. The van der Waals surface area contributed by atoms with Crippen molar-refractivity contribution in [2.24, 2.45) is 0 Å². The van der Waals surface area contributed by atoms with Gasteiger partial charge in [-0.2, -0.15) is 0 Å². The maximum atomic E-state index is 6.03. The Balaban J connectivity index is 2.10. The van der Waals surface area contributed by atoms with Gasteiger partial charge in [-0.3, -0.25) is 0 Å². The van der Waals surface area contributed by atoms with Gasteiger partial charge in [0.15, 0.2) is 0 Å². The van der Waals surface area contributed by atoms with Crippen LogP contribution in [0.15, 0.2) is 35.1 Å². The summed E-state index contributed by atoms with van der Waals surface area (Å²) in [6.07, 6.45) is 2.29. The van der Waals surface area contributed by atoms with Crippen LogP contribution in [0.3, 0.4) is 0 Å². The van der Waals surface area contributed by atoms with E-state index in [4.69, 9.17) is 11.6 Å². The highest BCUT2D eigenvalue weighted by molar-refractivity contribution is 9.10. The van der Waals surface area contributed by atoms with E-state index in [1.165, 1.54) is 11.9 Å². The van der Waals surface area contributed by atoms with E-state index < -0.39 is 0 Å². The van der Waals surface area contributed by atoms with E-state index in [0.717, 1.165) is 22.3 Å². The zero-order valence-corrected chi connectivity index (χ0v) is 12.3. The van der Waals surface area contributed by atoms with Crippen LogP contribution in [0.4, 0.5) is 5.82 Å². The number of rotatable bonds is 4. The molecule has 0 aliphatic heterocycles. The van der Waals surface area contributed by atoms with Crippen LogP contribution in [-0.2, 0) is 13.0 Å². The molecule has 18 heavy (non-hydrogen) atoms. The van der Waals surface area contributed by atoms with Crippen LogP contribution in [0.1, 0.15) is 18.1 Å². The molecular weight excluding hydrogens is 314 g/mol. The van der Waals surface area contributed by atoms with Crippen molar-refractivity contribution < 1.29 is 0 Å². The highest BCUT2D eigenvalue weighted by Gasteiger charge is 2.07. The average molecular weight is 327 g/mol. The van der Waals surface area contributed by atoms with Gasteiger partial charge in [-0.05, 0) is 24.1 Å². The lowest BCUT2D eigenvalue weighted by molar-refractivity contribution is 1.01. The number of halogens is 2. The van der Waals surface area contributed by atoms with Crippen LogP contribution in [0.5, 0.6) is 0 Å². The normalized spacial score (nSPS) is 10.4. The van der Waals surface area contributed by atoms with Gasteiger partial charge in [-0.1, -0.05) is 46.6 Å². The summed E-state index contributed by atoms with van der Waals surface area (Å²) in [4.78, 5) is 8.21. The number of hydrogen-bond acceptors (Lipinski definition) is 3. The number of benzene rings is 1. The molecule has 0 amide bonds. The third-order valence-corrected chi connectivity index (χ3v) is 3.47. The Morgan fingerprint density at radius 1 is 1.22 bits per heavy atom. The minimum absolute atomic E-state index is 0.519. The summed E-state index contributed by atoms with van der Waals surface area (Å²) >= 11 is 9.45. The molecular formula is C13H13BrClN3. The zero-order chi connectivity index (χ0) is 13.0. The third-order valence-electron chi connectivity index (χ3n) is 2.62. The fourth-order valence-electron chi connectivity index (χ4n) is 1.64. The number of hydrogen-bond donors (Lipinski definition) is 1. The van der Waals surface area contributed by atoms with E-state index in [1.54, 1.807) is 0 Å². The minimum atomic E-state index is 0.519. The predicted molar refractivity (Wildman–Crippen MR) is 77.9 cm³/mol. The molecule has 3 nitrogen and oxygen atoms in total. The molecule has 5 heteroatoms.